The molecular weight excluding hydrogens is 462 g/mol. The summed E-state index contributed by atoms with van der Waals surface area (Å²) < 4.78 is 18.9. The highest BCUT2D eigenvalue weighted by Crippen LogP contribution is 2.41. The van der Waals surface area contributed by atoms with E-state index in [0.717, 1.165) is 17.0 Å². The van der Waals surface area contributed by atoms with Crippen LogP contribution >= 0.6 is 23.2 Å². The standard InChI is InChI=1S/C22H13Cl2FN2O5/c23-16-7-13(27-19(29)10-26-22(27)31)8-17(24)21(16)32-14-5-6-18(28)15(9-14)20(30)11-1-3-12(25)4-2-11/h1-9,28H,10H2,(H,26,31). The van der Waals surface area contributed by atoms with Crippen LogP contribution in [0.15, 0.2) is 54.6 Å². The molecule has 0 spiro atoms. The van der Waals surface area contributed by atoms with Crippen molar-refractivity contribution in [2.75, 3.05) is 11.4 Å². The Kier molecular flexibility index (Phi) is 5.73. The van der Waals surface area contributed by atoms with Crippen LogP contribution in [0.5, 0.6) is 17.2 Å². The summed E-state index contributed by atoms with van der Waals surface area (Å²) in [6, 6.07) is 10.9. The van der Waals surface area contributed by atoms with E-state index in [0.29, 0.717) is 0 Å². The number of ketones is 1. The molecule has 7 nitrogen and oxygen atoms in total. The molecule has 3 aromatic rings. The Morgan fingerprint density at radius 1 is 1.03 bits per heavy atom. The van der Waals surface area contributed by atoms with Gasteiger partial charge in [0.1, 0.15) is 17.3 Å². The minimum Gasteiger partial charge on any atom is -0.507 e. The van der Waals surface area contributed by atoms with Crippen molar-refractivity contribution in [1.82, 2.24) is 5.32 Å². The summed E-state index contributed by atoms with van der Waals surface area (Å²) in [5.74, 6) is -1.63. The fourth-order valence-electron chi connectivity index (χ4n) is 3.09. The van der Waals surface area contributed by atoms with E-state index in [2.05, 4.69) is 5.32 Å². The second-order valence-corrected chi connectivity index (χ2v) is 7.56. The number of carbonyl (C=O) groups excluding carboxylic acids is 3. The number of benzene rings is 3. The molecule has 3 amide bonds. The third kappa shape index (κ3) is 4.10. The summed E-state index contributed by atoms with van der Waals surface area (Å²) in [6.45, 7) is -0.134. The van der Waals surface area contributed by atoms with E-state index in [9.17, 15) is 23.9 Å². The zero-order valence-electron chi connectivity index (χ0n) is 16.1. The van der Waals surface area contributed by atoms with Crippen molar-refractivity contribution in [2.45, 2.75) is 0 Å². The number of nitrogens with one attached hydrogen (secondary N) is 1. The molecule has 1 fully saturated rings. The van der Waals surface area contributed by atoms with E-state index in [1.54, 1.807) is 0 Å². The molecule has 10 heteroatoms. The summed E-state index contributed by atoms with van der Waals surface area (Å²) >= 11 is 12.5. The van der Waals surface area contributed by atoms with Crippen LogP contribution in [-0.4, -0.2) is 29.4 Å². The number of halogens is 3. The third-order valence-corrected chi connectivity index (χ3v) is 5.19. The van der Waals surface area contributed by atoms with Gasteiger partial charge in [0.15, 0.2) is 11.5 Å². The number of ether oxygens (including phenoxy) is 1. The number of amides is 3. The number of anilines is 1. The quantitative estimate of drug-likeness (QED) is 0.404. The predicted octanol–water partition coefficient (Wildman–Crippen LogP) is 4.92. The van der Waals surface area contributed by atoms with Gasteiger partial charge in [-0.15, -0.1) is 0 Å². The average molecular weight is 475 g/mol. The number of rotatable bonds is 5. The molecule has 4 rings (SSSR count). The van der Waals surface area contributed by atoms with Gasteiger partial charge in [-0.05, 0) is 54.6 Å². The van der Waals surface area contributed by atoms with Gasteiger partial charge >= 0.3 is 6.03 Å². The smallest absolute Gasteiger partial charge is 0.329 e. The highest BCUT2D eigenvalue weighted by molar-refractivity contribution is 6.38. The van der Waals surface area contributed by atoms with Crippen molar-refractivity contribution in [3.05, 3.63) is 81.6 Å². The molecule has 0 atom stereocenters. The van der Waals surface area contributed by atoms with E-state index < -0.39 is 23.5 Å². The molecule has 1 aliphatic heterocycles. The minimum atomic E-state index is -0.599. The SMILES string of the molecule is O=C(c1ccc(F)cc1)c1cc(Oc2c(Cl)cc(N3C(=O)CNC3=O)cc2Cl)ccc1O. The van der Waals surface area contributed by atoms with Crippen molar-refractivity contribution < 1.29 is 28.6 Å². The fraction of sp³-hybridized carbons (Fsp3) is 0.0455. The second kappa shape index (κ2) is 8.49. The number of imide groups is 1. The number of phenolic OH excluding ortho intramolecular Hbond substituents is 1. The first-order valence-corrected chi connectivity index (χ1v) is 9.91. The van der Waals surface area contributed by atoms with E-state index in [-0.39, 0.29) is 50.7 Å². The molecule has 2 N–H and O–H groups in total. The van der Waals surface area contributed by atoms with Crippen LogP contribution in [0.25, 0.3) is 0 Å². The molecule has 0 unspecified atom stereocenters. The Bertz CT molecular complexity index is 1220. The van der Waals surface area contributed by atoms with Gasteiger partial charge < -0.3 is 15.2 Å². The molecule has 1 aliphatic rings. The Morgan fingerprint density at radius 2 is 1.69 bits per heavy atom. The summed E-state index contributed by atoms with van der Waals surface area (Å²) in [6.07, 6.45) is 0. The normalized spacial score (nSPS) is 13.3. The molecule has 0 aromatic heterocycles. The van der Waals surface area contributed by atoms with E-state index in [1.165, 1.54) is 42.5 Å². The molecule has 32 heavy (non-hydrogen) atoms. The highest BCUT2D eigenvalue weighted by Gasteiger charge is 2.31. The Labute approximate surface area is 190 Å². The van der Waals surface area contributed by atoms with Gasteiger partial charge in [0.25, 0.3) is 5.91 Å². The van der Waals surface area contributed by atoms with Crippen LogP contribution in [0.4, 0.5) is 14.9 Å². The first-order chi connectivity index (χ1) is 15.2. The zero-order chi connectivity index (χ0) is 23.0. The van der Waals surface area contributed by atoms with Crippen molar-refractivity contribution in [3.63, 3.8) is 0 Å². The largest absolute Gasteiger partial charge is 0.507 e. The molecule has 1 heterocycles. The first-order valence-electron chi connectivity index (χ1n) is 9.15. The van der Waals surface area contributed by atoms with Crippen LogP contribution < -0.4 is 15.0 Å². The number of aromatic hydroxyl groups is 1. The van der Waals surface area contributed by atoms with Crippen LogP contribution in [0.2, 0.25) is 10.0 Å². The van der Waals surface area contributed by atoms with Crippen LogP contribution in [0, 0.1) is 5.82 Å². The maximum Gasteiger partial charge on any atom is 0.329 e. The fourth-order valence-corrected chi connectivity index (χ4v) is 3.64. The van der Waals surface area contributed by atoms with Crippen LogP contribution in [0.1, 0.15) is 15.9 Å². The van der Waals surface area contributed by atoms with Gasteiger partial charge in [-0.3, -0.25) is 9.59 Å². The molecule has 0 radical (unpaired) electrons. The molecule has 162 valence electrons. The predicted molar refractivity (Wildman–Crippen MR) is 115 cm³/mol. The summed E-state index contributed by atoms with van der Waals surface area (Å²) in [5.41, 5.74) is 0.273. The van der Waals surface area contributed by atoms with Gasteiger partial charge in [0.05, 0.1) is 27.8 Å². The van der Waals surface area contributed by atoms with E-state index in [1.807, 2.05) is 0 Å². The van der Waals surface area contributed by atoms with Crippen molar-refractivity contribution in [1.29, 1.82) is 0 Å². The molecular formula is C22H13Cl2FN2O5. The minimum absolute atomic E-state index is 0.0134. The summed E-state index contributed by atoms with van der Waals surface area (Å²) in [7, 11) is 0. The van der Waals surface area contributed by atoms with Gasteiger partial charge in [-0.25, -0.2) is 14.1 Å². The lowest BCUT2D eigenvalue weighted by atomic mass is 10.0. The van der Waals surface area contributed by atoms with E-state index >= 15 is 0 Å². The lowest BCUT2D eigenvalue weighted by Gasteiger charge is -2.16. The van der Waals surface area contributed by atoms with Crippen LogP contribution in [0.3, 0.4) is 0 Å². The van der Waals surface area contributed by atoms with Crippen molar-refractivity contribution >= 4 is 46.6 Å². The average Bonchev–Trinajstić information content (AvgIpc) is 3.09. The number of phenols is 1. The molecule has 0 saturated carbocycles. The van der Waals surface area contributed by atoms with Gasteiger partial charge in [-0.1, -0.05) is 23.2 Å². The molecule has 0 aliphatic carbocycles. The monoisotopic (exact) mass is 474 g/mol. The second-order valence-electron chi connectivity index (χ2n) is 6.74. The Hall–Kier alpha value is -3.62. The highest BCUT2D eigenvalue weighted by atomic mass is 35.5. The Morgan fingerprint density at radius 3 is 2.28 bits per heavy atom. The van der Waals surface area contributed by atoms with Crippen molar-refractivity contribution in [2.24, 2.45) is 0 Å². The molecule has 1 saturated heterocycles. The van der Waals surface area contributed by atoms with Crippen LogP contribution in [-0.2, 0) is 4.79 Å². The number of carbonyl (C=O) groups is 3. The lowest BCUT2D eigenvalue weighted by molar-refractivity contribution is -0.115. The topological polar surface area (TPSA) is 95.9 Å². The lowest BCUT2D eigenvalue weighted by Crippen LogP contribution is -2.30. The third-order valence-electron chi connectivity index (χ3n) is 4.62. The van der Waals surface area contributed by atoms with Gasteiger partial charge in [-0.2, -0.15) is 0 Å². The maximum absolute atomic E-state index is 13.1. The number of hydrogen-bond acceptors (Lipinski definition) is 5. The summed E-state index contributed by atoms with van der Waals surface area (Å²) in [5, 5.41) is 12.5. The maximum atomic E-state index is 13.1. The van der Waals surface area contributed by atoms with Crippen molar-refractivity contribution in [3.8, 4) is 17.2 Å². The molecule has 3 aromatic carbocycles. The summed E-state index contributed by atoms with van der Waals surface area (Å²) in [4.78, 5) is 37.4. The zero-order valence-corrected chi connectivity index (χ0v) is 17.6. The Balaban J connectivity index is 1.64. The first kappa shape index (κ1) is 21.6. The van der Waals surface area contributed by atoms with E-state index in [4.69, 9.17) is 27.9 Å². The van der Waals surface area contributed by atoms with Gasteiger partial charge in [0, 0.05) is 5.56 Å². The number of urea groups is 1. The number of hydrogen-bond donors (Lipinski definition) is 2. The number of nitrogens with zero attached hydrogens (tertiary/aromatic N) is 1. The molecule has 0 bridgehead atoms. The van der Waals surface area contributed by atoms with Gasteiger partial charge in [0.2, 0.25) is 0 Å².